The van der Waals surface area contributed by atoms with Crippen LogP contribution >= 0.6 is 0 Å². The van der Waals surface area contributed by atoms with Crippen LogP contribution in [0.2, 0.25) is 0 Å². The summed E-state index contributed by atoms with van der Waals surface area (Å²) in [5.74, 6) is 0.874. The number of aromatic nitrogens is 3. The number of aliphatic hydroxyl groups is 1. The Hall–Kier alpha value is -1.92. The van der Waals surface area contributed by atoms with Gasteiger partial charge in [0.25, 0.3) is 0 Å². The van der Waals surface area contributed by atoms with Gasteiger partial charge in [-0.1, -0.05) is 18.2 Å². The van der Waals surface area contributed by atoms with Crippen molar-refractivity contribution in [2.24, 2.45) is 0 Å². The van der Waals surface area contributed by atoms with Crippen LogP contribution in [0.5, 0.6) is 5.75 Å². The van der Waals surface area contributed by atoms with Gasteiger partial charge in [0, 0.05) is 19.6 Å². The number of β-amino-alcohol motifs (C(OH)–C–C–N with tert-alkyl or cyclic N) is 1. The lowest BCUT2D eigenvalue weighted by molar-refractivity contribution is 0.0403. The van der Waals surface area contributed by atoms with Gasteiger partial charge >= 0.3 is 0 Å². The van der Waals surface area contributed by atoms with Gasteiger partial charge in [-0.3, -0.25) is 4.90 Å². The first-order chi connectivity index (χ1) is 9.76. The Balaban J connectivity index is 1.49. The number of nitrogens with one attached hydrogen (secondary N) is 1. The number of aromatic amines is 1. The fourth-order valence-electron chi connectivity index (χ4n) is 2.51. The third kappa shape index (κ3) is 2.81. The second-order valence-electron chi connectivity index (χ2n) is 5.07. The van der Waals surface area contributed by atoms with E-state index in [0.717, 1.165) is 18.8 Å². The van der Waals surface area contributed by atoms with E-state index >= 15 is 0 Å². The van der Waals surface area contributed by atoms with E-state index in [1.165, 1.54) is 0 Å². The van der Waals surface area contributed by atoms with E-state index in [2.05, 4.69) is 20.3 Å². The molecule has 2 heterocycles. The Morgan fingerprint density at radius 3 is 2.95 bits per heavy atom. The van der Waals surface area contributed by atoms with Crippen LogP contribution < -0.4 is 4.74 Å². The van der Waals surface area contributed by atoms with Crippen molar-refractivity contribution in [3.63, 3.8) is 0 Å². The molecule has 2 aromatic rings. The lowest BCUT2D eigenvalue weighted by atomic mass is 10.0. The summed E-state index contributed by atoms with van der Waals surface area (Å²) in [6.45, 7) is 2.80. The Labute approximate surface area is 117 Å². The second-order valence-corrected chi connectivity index (χ2v) is 5.07. The minimum Gasteiger partial charge on any atom is -0.492 e. The predicted octanol–water partition coefficient (Wildman–Crippen LogP) is 0.777. The minimum absolute atomic E-state index is 0.567. The van der Waals surface area contributed by atoms with Gasteiger partial charge in [-0.15, -0.1) is 0 Å². The van der Waals surface area contributed by atoms with E-state index in [1.54, 1.807) is 6.20 Å². The normalized spacial score (nSPS) is 23.1. The Kier molecular flexibility index (Phi) is 3.66. The molecule has 1 aliphatic rings. The van der Waals surface area contributed by atoms with Crippen molar-refractivity contribution >= 4 is 0 Å². The zero-order valence-corrected chi connectivity index (χ0v) is 11.2. The van der Waals surface area contributed by atoms with Gasteiger partial charge in [0.15, 0.2) is 0 Å². The smallest absolute Gasteiger partial charge is 0.124 e. The Bertz CT molecular complexity index is 531. The maximum atomic E-state index is 10.5. The first-order valence-electron chi connectivity index (χ1n) is 6.75. The van der Waals surface area contributed by atoms with Crippen LogP contribution in [0.4, 0.5) is 0 Å². The molecule has 1 aliphatic heterocycles. The molecule has 20 heavy (non-hydrogen) atoms. The molecular weight excluding hydrogens is 256 g/mol. The van der Waals surface area contributed by atoms with Gasteiger partial charge in [-0.2, -0.15) is 15.4 Å². The monoisotopic (exact) mass is 274 g/mol. The van der Waals surface area contributed by atoms with Crippen LogP contribution in [-0.4, -0.2) is 51.7 Å². The molecule has 106 valence electrons. The molecule has 0 aliphatic carbocycles. The summed E-state index contributed by atoms with van der Waals surface area (Å²) in [4.78, 5) is 2.18. The molecule has 0 spiro atoms. The van der Waals surface area contributed by atoms with Crippen molar-refractivity contribution < 1.29 is 9.84 Å². The average molecular weight is 274 g/mol. The number of para-hydroxylation sites is 1. The first-order valence-corrected chi connectivity index (χ1v) is 6.75. The van der Waals surface area contributed by atoms with Crippen molar-refractivity contribution in [2.75, 3.05) is 26.2 Å². The molecule has 1 aromatic carbocycles. The molecule has 6 heteroatoms. The highest BCUT2D eigenvalue weighted by molar-refractivity contribution is 5.20. The van der Waals surface area contributed by atoms with E-state index in [0.29, 0.717) is 25.3 Å². The molecular formula is C14H18N4O2. The number of H-pyrrole nitrogens is 1. The number of rotatable bonds is 5. The van der Waals surface area contributed by atoms with Crippen molar-refractivity contribution in [2.45, 2.75) is 12.0 Å². The maximum absolute atomic E-state index is 10.5. The summed E-state index contributed by atoms with van der Waals surface area (Å²) < 4.78 is 5.67. The highest BCUT2D eigenvalue weighted by Crippen LogP contribution is 2.29. The number of hydrogen-bond acceptors (Lipinski definition) is 5. The molecule has 0 amide bonds. The number of nitrogens with zero attached hydrogens (tertiary/aromatic N) is 3. The lowest BCUT2D eigenvalue weighted by Gasteiger charge is -2.21. The third-order valence-electron chi connectivity index (χ3n) is 3.64. The van der Waals surface area contributed by atoms with Gasteiger partial charge in [0.2, 0.25) is 0 Å². The summed E-state index contributed by atoms with van der Waals surface area (Å²) in [5, 5.41) is 20.8. The highest BCUT2D eigenvalue weighted by atomic mass is 16.5. The van der Waals surface area contributed by atoms with Gasteiger partial charge < -0.3 is 9.84 Å². The maximum Gasteiger partial charge on any atom is 0.124 e. The van der Waals surface area contributed by atoms with Crippen LogP contribution in [0.3, 0.4) is 0 Å². The average Bonchev–Trinajstić information content (AvgIpc) is 3.11. The number of likely N-dealkylation sites (tertiary alicyclic amines) is 1. The van der Waals surface area contributed by atoms with Gasteiger partial charge in [0.05, 0.1) is 6.20 Å². The van der Waals surface area contributed by atoms with Crippen LogP contribution in [0.1, 0.15) is 12.1 Å². The molecule has 0 radical (unpaired) electrons. The highest BCUT2D eigenvalue weighted by Gasteiger charge is 2.39. The van der Waals surface area contributed by atoms with Gasteiger partial charge in [-0.05, 0) is 18.6 Å². The fraction of sp³-hybridized carbons (Fsp3) is 0.429. The van der Waals surface area contributed by atoms with Crippen LogP contribution in [-0.2, 0) is 5.60 Å². The number of hydrogen-bond donors (Lipinski definition) is 2. The first kappa shape index (κ1) is 13.1. The largest absolute Gasteiger partial charge is 0.492 e. The van der Waals surface area contributed by atoms with Gasteiger partial charge in [0.1, 0.15) is 23.7 Å². The number of ether oxygens (including phenoxy) is 1. The summed E-state index contributed by atoms with van der Waals surface area (Å²) in [6, 6.07) is 9.75. The van der Waals surface area contributed by atoms with Crippen molar-refractivity contribution in [3.8, 4) is 5.75 Å². The molecule has 2 N–H and O–H groups in total. The molecule has 1 atom stereocenters. The second kappa shape index (κ2) is 5.60. The summed E-state index contributed by atoms with van der Waals surface area (Å²) in [5.41, 5.74) is -0.274. The van der Waals surface area contributed by atoms with E-state index < -0.39 is 5.60 Å². The molecule has 0 bridgehead atoms. The van der Waals surface area contributed by atoms with Crippen molar-refractivity contribution in [1.29, 1.82) is 0 Å². The van der Waals surface area contributed by atoms with E-state index in [4.69, 9.17) is 4.74 Å². The number of benzene rings is 1. The molecule has 1 aromatic heterocycles. The lowest BCUT2D eigenvalue weighted by Crippen LogP contribution is -2.33. The van der Waals surface area contributed by atoms with Gasteiger partial charge in [-0.25, -0.2) is 0 Å². The summed E-state index contributed by atoms with van der Waals surface area (Å²) in [6.07, 6.45) is 2.26. The fourth-order valence-corrected chi connectivity index (χ4v) is 2.51. The summed E-state index contributed by atoms with van der Waals surface area (Å²) in [7, 11) is 0. The Morgan fingerprint density at radius 2 is 2.20 bits per heavy atom. The van der Waals surface area contributed by atoms with E-state index in [9.17, 15) is 5.11 Å². The topological polar surface area (TPSA) is 74.3 Å². The van der Waals surface area contributed by atoms with Crippen molar-refractivity contribution in [1.82, 2.24) is 20.3 Å². The molecule has 1 saturated heterocycles. The molecule has 3 rings (SSSR count). The molecule has 6 nitrogen and oxygen atoms in total. The quantitative estimate of drug-likeness (QED) is 0.842. The third-order valence-corrected chi connectivity index (χ3v) is 3.64. The van der Waals surface area contributed by atoms with E-state index in [-0.39, 0.29) is 0 Å². The predicted molar refractivity (Wildman–Crippen MR) is 73.3 cm³/mol. The standard InChI is InChI=1S/C14H18N4O2/c19-14(13-10-15-17-16-13)6-7-18(11-14)8-9-20-12-4-2-1-3-5-12/h1-5,10,19H,6-9,11H2,(H,15,16,17). The van der Waals surface area contributed by atoms with Crippen LogP contribution in [0, 0.1) is 0 Å². The van der Waals surface area contributed by atoms with Crippen LogP contribution in [0.25, 0.3) is 0 Å². The molecule has 0 saturated carbocycles. The summed E-state index contributed by atoms with van der Waals surface area (Å²) >= 11 is 0. The van der Waals surface area contributed by atoms with E-state index in [1.807, 2.05) is 30.3 Å². The zero-order valence-electron chi connectivity index (χ0n) is 11.2. The zero-order chi connectivity index (χ0) is 13.8. The van der Waals surface area contributed by atoms with Crippen LogP contribution in [0.15, 0.2) is 36.5 Å². The SMILES string of the molecule is OC1(c2cn[nH]n2)CCN(CCOc2ccccc2)C1. The Morgan fingerprint density at radius 1 is 1.35 bits per heavy atom. The molecule has 1 unspecified atom stereocenters. The van der Waals surface area contributed by atoms with Crippen molar-refractivity contribution in [3.05, 3.63) is 42.2 Å². The molecule has 1 fully saturated rings. The minimum atomic E-state index is -0.889.